The molecule has 0 aliphatic heterocycles. The summed E-state index contributed by atoms with van der Waals surface area (Å²) in [6.07, 6.45) is 2.72. The van der Waals surface area contributed by atoms with Crippen molar-refractivity contribution < 1.29 is 0 Å². The molecule has 15 heavy (non-hydrogen) atoms. The molecule has 0 bridgehead atoms. The third-order valence-corrected chi connectivity index (χ3v) is 2.18. The highest BCUT2D eigenvalue weighted by molar-refractivity contribution is 5.90. The van der Waals surface area contributed by atoms with Crippen LogP contribution in [0.5, 0.6) is 0 Å². The van der Waals surface area contributed by atoms with Crippen LogP contribution in [0.4, 0.5) is 0 Å². The lowest BCUT2D eigenvalue weighted by Crippen LogP contribution is -2.11. The Bertz CT molecular complexity index is 704. The average Bonchev–Trinajstić information content (AvgIpc) is 2.29. The molecule has 5 nitrogen and oxygen atoms in total. The topological polar surface area (TPSA) is 60.2 Å². The van der Waals surface area contributed by atoms with Crippen molar-refractivity contribution in [2.75, 3.05) is 0 Å². The first-order valence-corrected chi connectivity index (χ1v) is 4.44. The largest absolute Gasteiger partial charge is 0.292 e. The van der Waals surface area contributed by atoms with Crippen LogP contribution in [-0.2, 0) is 0 Å². The monoisotopic (exact) mass is 198 g/mol. The number of hydrogen-bond donors (Lipinski definition) is 0. The molecule has 0 spiro atoms. The molecule has 0 unspecified atom stereocenters. The van der Waals surface area contributed by atoms with Crippen LogP contribution in [0.25, 0.3) is 16.6 Å². The van der Waals surface area contributed by atoms with Crippen molar-refractivity contribution in [2.45, 2.75) is 0 Å². The van der Waals surface area contributed by atoms with Crippen LogP contribution in [0.1, 0.15) is 0 Å². The van der Waals surface area contributed by atoms with Crippen LogP contribution in [-0.4, -0.2) is 19.6 Å². The number of hydrogen-bond acceptors (Lipinski definition) is 4. The standard InChI is InChI=1S/C10H6N4O/c15-9-5-12-14-6-11-8-4-2-1-3-7(8)10(14)13-9/h1-6H. The zero-order valence-electron chi connectivity index (χ0n) is 7.66. The maximum absolute atomic E-state index is 11.1. The van der Waals surface area contributed by atoms with Gasteiger partial charge >= 0.3 is 0 Å². The second-order valence-corrected chi connectivity index (χ2v) is 3.12. The van der Waals surface area contributed by atoms with E-state index in [1.807, 2.05) is 24.3 Å². The Balaban J connectivity index is 2.63. The van der Waals surface area contributed by atoms with Crippen LogP contribution < -0.4 is 5.56 Å². The van der Waals surface area contributed by atoms with E-state index in [9.17, 15) is 4.79 Å². The zero-order chi connectivity index (χ0) is 10.3. The summed E-state index contributed by atoms with van der Waals surface area (Å²) in [5.41, 5.74) is 0.997. The van der Waals surface area contributed by atoms with E-state index in [4.69, 9.17) is 0 Å². The van der Waals surface area contributed by atoms with Gasteiger partial charge in [-0.25, -0.2) is 9.50 Å². The van der Waals surface area contributed by atoms with Gasteiger partial charge in [0.15, 0.2) is 5.65 Å². The van der Waals surface area contributed by atoms with Gasteiger partial charge in [-0.1, -0.05) is 12.1 Å². The van der Waals surface area contributed by atoms with Gasteiger partial charge in [0.25, 0.3) is 5.56 Å². The first kappa shape index (κ1) is 8.05. The Labute approximate surface area is 84.0 Å². The number of rotatable bonds is 0. The van der Waals surface area contributed by atoms with E-state index >= 15 is 0 Å². The van der Waals surface area contributed by atoms with E-state index in [1.54, 1.807) is 6.33 Å². The van der Waals surface area contributed by atoms with Crippen molar-refractivity contribution in [3.05, 3.63) is 47.1 Å². The third kappa shape index (κ3) is 1.17. The van der Waals surface area contributed by atoms with Gasteiger partial charge in [0.1, 0.15) is 12.5 Å². The van der Waals surface area contributed by atoms with Gasteiger partial charge in [0, 0.05) is 5.39 Å². The predicted octanol–water partition coefficient (Wildman–Crippen LogP) is 0.638. The molecule has 1 aromatic carbocycles. The molecule has 0 N–H and O–H groups in total. The minimum absolute atomic E-state index is 0.341. The van der Waals surface area contributed by atoms with Crippen molar-refractivity contribution >= 4 is 16.6 Å². The Morgan fingerprint density at radius 2 is 2.07 bits per heavy atom. The maximum atomic E-state index is 11.1. The number of para-hydroxylation sites is 1. The average molecular weight is 198 g/mol. The molecule has 0 aliphatic rings. The summed E-state index contributed by atoms with van der Waals surface area (Å²) in [7, 11) is 0. The van der Waals surface area contributed by atoms with E-state index in [0.717, 1.165) is 10.9 Å². The van der Waals surface area contributed by atoms with Gasteiger partial charge in [0.05, 0.1) is 5.52 Å². The van der Waals surface area contributed by atoms with Crippen LogP contribution in [0.2, 0.25) is 0 Å². The minimum atomic E-state index is -0.341. The van der Waals surface area contributed by atoms with E-state index in [2.05, 4.69) is 15.1 Å². The molecule has 0 saturated heterocycles. The summed E-state index contributed by atoms with van der Waals surface area (Å²) in [6, 6.07) is 7.50. The van der Waals surface area contributed by atoms with Gasteiger partial charge < -0.3 is 0 Å². The predicted molar refractivity (Wildman–Crippen MR) is 54.6 cm³/mol. The highest BCUT2D eigenvalue weighted by Crippen LogP contribution is 2.13. The zero-order valence-corrected chi connectivity index (χ0v) is 7.66. The van der Waals surface area contributed by atoms with Crippen LogP contribution in [0, 0.1) is 0 Å². The minimum Gasteiger partial charge on any atom is -0.266 e. The van der Waals surface area contributed by atoms with Gasteiger partial charge in [-0.15, -0.1) is 0 Å². The molecule has 0 radical (unpaired) electrons. The van der Waals surface area contributed by atoms with E-state index < -0.39 is 0 Å². The fourth-order valence-electron chi connectivity index (χ4n) is 1.51. The number of nitrogens with zero attached hydrogens (tertiary/aromatic N) is 4. The van der Waals surface area contributed by atoms with Crippen molar-refractivity contribution in [3.8, 4) is 0 Å². The summed E-state index contributed by atoms with van der Waals surface area (Å²) in [5.74, 6) is 0. The summed E-state index contributed by atoms with van der Waals surface area (Å²) >= 11 is 0. The molecule has 3 aromatic rings. The van der Waals surface area contributed by atoms with Gasteiger partial charge in [-0.3, -0.25) is 4.79 Å². The van der Waals surface area contributed by atoms with Crippen molar-refractivity contribution in [1.82, 2.24) is 19.6 Å². The first-order valence-electron chi connectivity index (χ1n) is 4.44. The smallest absolute Gasteiger partial charge is 0.266 e. The van der Waals surface area contributed by atoms with Crippen LogP contribution >= 0.6 is 0 Å². The highest BCUT2D eigenvalue weighted by atomic mass is 16.1. The quantitative estimate of drug-likeness (QED) is 0.497. The Hall–Kier alpha value is -2.30. The second-order valence-electron chi connectivity index (χ2n) is 3.12. The summed E-state index contributed by atoms with van der Waals surface area (Å²) in [4.78, 5) is 19.2. The Kier molecular flexibility index (Phi) is 1.53. The van der Waals surface area contributed by atoms with Crippen LogP contribution in [0.3, 0.4) is 0 Å². The van der Waals surface area contributed by atoms with Gasteiger partial charge in [0.2, 0.25) is 0 Å². The number of benzene rings is 1. The maximum Gasteiger partial charge on any atom is 0.292 e. The molecule has 2 heterocycles. The fraction of sp³-hybridized carbons (Fsp3) is 0. The Morgan fingerprint density at radius 3 is 3.00 bits per heavy atom. The highest BCUT2D eigenvalue weighted by Gasteiger charge is 2.01. The molecule has 0 fully saturated rings. The normalized spacial score (nSPS) is 10.9. The molecule has 2 aromatic heterocycles. The van der Waals surface area contributed by atoms with E-state index in [0.29, 0.717) is 5.65 Å². The summed E-state index contributed by atoms with van der Waals surface area (Å²) in [5, 5.41) is 4.73. The van der Waals surface area contributed by atoms with Crippen molar-refractivity contribution in [3.63, 3.8) is 0 Å². The van der Waals surface area contributed by atoms with Crippen molar-refractivity contribution in [2.24, 2.45) is 0 Å². The molecule has 72 valence electrons. The van der Waals surface area contributed by atoms with Crippen LogP contribution in [0.15, 0.2) is 41.6 Å². The molecular weight excluding hydrogens is 192 g/mol. The fourth-order valence-corrected chi connectivity index (χ4v) is 1.51. The number of fused-ring (bicyclic) bond motifs is 3. The Morgan fingerprint density at radius 1 is 1.20 bits per heavy atom. The van der Waals surface area contributed by atoms with Gasteiger partial charge in [-0.05, 0) is 12.1 Å². The molecule has 0 aliphatic carbocycles. The number of aromatic nitrogens is 4. The molecule has 0 atom stereocenters. The lowest BCUT2D eigenvalue weighted by molar-refractivity contribution is 0.864. The molecule has 5 heteroatoms. The SMILES string of the molecule is O=c1cnn2cnc3ccccc3c2n1. The summed E-state index contributed by atoms with van der Waals surface area (Å²) in [6.45, 7) is 0. The summed E-state index contributed by atoms with van der Waals surface area (Å²) < 4.78 is 1.49. The van der Waals surface area contributed by atoms with E-state index in [1.165, 1.54) is 10.7 Å². The first-order chi connectivity index (χ1) is 7.34. The molecule has 0 amide bonds. The molecule has 0 saturated carbocycles. The van der Waals surface area contributed by atoms with Gasteiger partial charge in [-0.2, -0.15) is 10.1 Å². The lowest BCUT2D eigenvalue weighted by atomic mass is 10.2. The van der Waals surface area contributed by atoms with Crippen molar-refractivity contribution in [1.29, 1.82) is 0 Å². The lowest BCUT2D eigenvalue weighted by Gasteiger charge is -2.01. The molecule has 3 rings (SSSR count). The van der Waals surface area contributed by atoms with E-state index in [-0.39, 0.29) is 5.56 Å². The second kappa shape index (κ2) is 2.84. The third-order valence-electron chi connectivity index (χ3n) is 2.18. The molecular formula is C10H6N4O.